The molecule has 1 heterocycles. The number of hydrogen-bond acceptors (Lipinski definition) is 4. The molecule has 0 spiro atoms. The highest BCUT2D eigenvalue weighted by Gasteiger charge is 2.16. The monoisotopic (exact) mass is 482 g/mol. The fraction of sp³-hybridized carbons (Fsp3) is 0.263. The predicted octanol–water partition coefficient (Wildman–Crippen LogP) is 2.68. The average Bonchev–Trinajstić information content (AvgIpc) is 2.68. The highest BCUT2D eigenvalue weighted by molar-refractivity contribution is 14.0. The first kappa shape index (κ1) is 21.0. The first-order valence-electron chi connectivity index (χ1n) is 8.46. The van der Waals surface area contributed by atoms with Crippen LogP contribution in [0.25, 0.3) is 0 Å². The maximum Gasteiger partial charge on any atom is 0.244 e. The van der Waals surface area contributed by atoms with Crippen LogP contribution in [0, 0.1) is 0 Å². The molecule has 1 amide bonds. The van der Waals surface area contributed by atoms with Gasteiger partial charge in [0.15, 0.2) is 5.96 Å². The second kappa shape index (κ2) is 10.7. The Bertz CT molecular complexity index is 765. The van der Waals surface area contributed by atoms with E-state index in [0.29, 0.717) is 32.1 Å². The molecule has 0 saturated carbocycles. The highest BCUT2D eigenvalue weighted by Crippen LogP contribution is 2.23. The van der Waals surface area contributed by atoms with E-state index in [1.165, 1.54) is 0 Å². The van der Waals surface area contributed by atoms with Crippen molar-refractivity contribution >= 4 is 41.5 Å². The molecular formula is C19H23IN4O3. The van der Waals surface area contributed by atoms with Crippen molar-refractivity contribution < 1.29 is 14.3 Å². The van der Waals surface area contributed by atoms with E-state index in [1.807, 2.05) is 54.6 Å². The molecule has 1 aliphatic heterocycles. The lowest BCUT2D eigenvalue weighted by Gasteiger charge is -2.26. The number of nitrogens with one attached hydrogen (secondary N) is 1. The molecule has 2 aromatic carbocycles. The van der Waals surface area contributed by atoms with E-state index in [4.69, 9.17) is 15.2 Å². The molecule has 1 fully saturated rings. The van der Waals surface area contributed by atoms with Crippen LogP contribution in [0.15, 0.2) is 59.6 Å². The van der Waals surface area contributed by atoms with Crippen LogP contribution in [-0.4, -0.2) is 49.6 Å². The van der Waals surface area contributed by atoms with Crippen molar-refractivity contribution in [1.29, 1.82) is 0 Å². The molecule has 144 valence electrons. The Morgan fingerprint density at radius 3 is 2.56 bits per heavy atom. The molecule has 0 aliphatic carbocycles. The SMILES string of the molecule is I.NC(=NCC(=O)N1CCOCC1)Nc1cccc(Oc2ccccc2)c1. The Balaban J connectivity index is 0.00000261. The van der Waals surface area contributed by atoms with Gasteiger partial charge in [0.05, 0.1) is 13.2 Å². The summed E-state index contributed by atoms with van der Waals surface area (Å²) in [5.74, 6) is 1.56. The van der Waals surface area contributed by atoms with E-state index in [-0.39, 0.29) is 42.4 Å². The Kier molecular flexibility index (Phi) is 8.34. The van der Waals surface area contributed by atoms with Crippen LogP contribution in [-0.2, 0) is 9.53 Å². The molecule has 1 aliphatic rings. The van der Waals surface area contributed by atoms with Crippen LogP contribution in [0.4, 0.5) is 5.69 Å². The standard InChI is InChI=1S/C19H22N4O3.HI/c20-19(21-14-18(24)23-9-11-25-12-10-23)22-15-5-4-8-17(13-15)26-16-6-2-1-3-7-16;/h1-8,13H,9-12,14H2,(H3,20,21,22);1H. The third-order valence-corrected chi connectivity index (χ3v) is 3.83. The van der Waals surface area contributed by atoms with E-state index in [2.05, 4.69) is 10.3 Å². The van der Waals surface area contributed by atoms with Crippen LogP contribution in [0.5, 0.6) is 11.5 Å². The van der Waals surface area contributed by atoms with Gasteiger partial charge in [0.2, 0.25) is 5.91 Å². The topological polar surface area (TPSA) is 89.2 Å². The number of carbonyl (C=O) groups is 1. The lowest BCUT2D eigenvalue weighted by atomic mass is 10.3. The Hall–Kier alpha value is -2.33. The van der Waals surface area contributed by atoms with Gasteiger partial charge >= 0.3 is 0 Å². The van der Waals surface area contributed by atoms with E-state index in [9.17, 15) is 4.79 Å². The minimum Gasteiger partial charge on any atom is -0.457 e. The molecule has 7 nitrogen and oxygen atoms in total. The number of guanidine groups is 1. The highest BCUT2D eigenvalue weighted by atomic mass is 127. The number of anilines is 1. The van der Waals surface area contributed by atoms with Crippen molar-refractivity contribution in [3.8, 4) is 11.5 Å². The maximum atomic E-state index is 12.1. The number of benzene rings is 2. The van der Waals surface area contributed by atoms with Gasteiger partial charge in [0.1, 0.15) is 18.0 Å². The minimum absolute atomic E-state index is 0. The first-order chi connectivity index (χ1) is 12.7. The number of rotatable bonds is 5. The average molecular weight is 482 g/mol. The van der Waals surface area contributed by atoms with Gasteiger partial charge < -0.3 is 25.4 Å². The molecule has 27 heavy (non-hydrogen) atoms. The fourth-order valence-corrected chi connectivity index (χ4v) is 2.51. The van der Waals surface area contributed by atoms with Crippen LogP contribution >= 0.6 is 24.0 Å². The number of ether oxygens (including phenoxy) is 2. The third kappa shape index (κ3) is 6.72. The summed E-state index contributed by atoms with van der Waals surface area (Å²) >= 11 is 0. The quantitative estimate of drug-likeness (QED) is 0.389. The second-order valence-corrected chi connectivity index (χ2v) is 5.76. The molecule has 3 N–H and O–H groups in total. The summed E-state index contributed by atoms with van der Waals surface area (Å²) in [5.41, 5.74) is 6.62. The summed E-state index contributed by atoms with van der Waals surface area (Å²) in [6, 6.07) is 16.9. The molecule has 0 bridgehead atoms. The van der Waals surface area contributed by atoms with Gasteiger partial charge in [0, 0.05) is 24.8 Å². The molecule has 0 atom stereocenters. The number of para-hydroxylation sites is 1. The zero-order valence-corrected chi connectivity index (χ0v) is 17.2. The number of nitrogens with two attached hydrogens (primary N) is 1. The Labute approximate surface area is 175 Å². The summed E-state index contributed by atoms with van der Waals surface area (Å²) in [5, 5.41) is 2.98. The van der Waals surface area contributed by atoms with Gasteiger partial charge in [0.25, 0.3) is 0 Å². The van der Waals surface area contributed by atoms with Crippen LogP contribution in [0.3, 0.4) is 0 Å². The van der Waals surface area contributed by atoms with Crippen molar-refractivity contribution in [2.75, 3.05) is 38.2 Å². The number of aliphatic imine (C=N–C) groups is 1. The summed E-state index contributed by atoms with van der Waals surface area (Å²) in [6.07, 6.45) is 0. The predicted molar refractivity (Wildman–Crippen MR) is 116 cm³/mol. The lowest BCUT2D eigenvalue weighted by molar-refractivity contribution is -0.133. The van der Waals surface area contributed by atoms with Gasteiger partial charge in [-0.25, -0.2) is 4.99 Å². The molecule has 0 radical (unpaired) electrons. The van der Waals surface area contributed by atoms with Gasteiger partial charge in [-0.15, -0.1) is 24.0 Å². The maximum absolute atomic E-state index is 12.1. The molecular weight excluding hydrogens is 459 g/mol. The zero-order valence-electron chi connectivity index (χ0n) is 14.8. The largest absolute Gasteiger partial charge is 0.457 e. The molecule has 8 heteroatoms. The number of hydrogen-bond donors (Lipinski definition) is 2. The normalized spacial score (nSPS) is 14.2. The number of amides is 1. The molecule has 2 aromatic rings. The minimum atomic E-state index is -0.0563. The number of carbonyl (C=O) groups excluding carboxylic acids is 1. The van der Waals surface area contributed by atoms with Gasteiger partial charge in [-0.3, -0.25) is 4.79 Å². The Morgan fingerprint density at radius 2 is 1.81 bits per heavy atom. The zero-order chi connectivity index (χ0) is 18.2. The summed E-state index contributed by atoms with van der Waals surface area (Å²) in [4.78, 5) is 17.9. The van der Waals surface area contributed by atoms with Crippen molar-refractivity contribution in [3.63, 3.8) is 0 Å². The molecule has 1 saturated heterocycles. The van der Waals surface area contributed by atoms with Crippen molar-refractivity contribution in [3.05, 3.63) is 54.6 Å². The fourth-order valence-electron chi connectivity index (χ4n) is 2.51. The second-order valence-electron chi connectivity index (χ2n) is 5.76. The number of halogens is 1. The Morgan fingerprint density at radius 1 is 1.11 bits per heavy atom. The van der Waals surface area contributed by atoms with Crippen LogP contribution in [0.1, 0.15) is 0 Å². The summed E-state index contributed by atoms with van der Waals surface area (Å²) < 4.78 is 11.0. The summed E-state index contributed by atoms with van der Waals surface area (Å²) in [7, 11) is 0. The van der Waals surface area contributed by atoms with E-state index in [1.54, 1.807) is 4.90 Å². The molecule has 0 aromatic heterocycles. The van der Waals surface area contributed by atoms with Crippen molar-refractivity contribution in [1.82, 2.24) is 4.90 Å². The lowest BCUT2D eigenvalue weighted by Crippen LogP contribution is -2.42. The molecule has 0 unspecified atom stereocenters. The number of nitrogens with zero attached hydrogens (tertiary/aromatic N) is 2. The van der Waals surface area contributed by atoms with E-state index >= 15 is 0 Å². The number of morpholine rings is 1. The first-order valence-corrected chi connectivity index (χ1v) is 8.46. The van der Waals surface area contributed by atoms with E-state index in [0.717, 1.165) is 11.4 Å². The van der Waals surface area contributed by atoms with E-state index < -0.39 is 0 Å². The van der Waals surface area contributed by atoms with Crippen LogP contribution < -0.4 is 15.8 Å². The smallest absolute Gasteiger partial charge is 0.244 e. The summed E-state index contributed by atoms with van der Waals surface area (Å²) in [6.45, 7) is 2.34. The van der Waals surface area contributed by atoms with Crippen molar-refractivity contribution in [2.45, 2.75) is 0 Å². The van der Waals surface area contributed by atoms with Gasteiger partial charge in [-0.1, -0.05) is 24.3 Å². The van der Waals surface area contributed by atoms with Crippen LogP contribution in [0.2, 0.25) is 0 Å². The molecule has 3 rings (SSSR count). The third-order valence-electron chi connectivity index (χ3n) is 3.83. The van der Waals surface area contributed by atoms with Gasteiger partial charge in [-0.05, 0) is 24.3 Å². The van der Waals surface area contributed by atoms with Crippen molar-refractivity contribution in [2.24, 2.45) is 10.7 Å². The van der Waals surface area contributed by atoms with Gasteiger partial charge in [-0.2, -0.15) is 0 Å².